The summed E-state index contributed by atoms with van der Waals surface area (Å²) < 4.78 is 28.3. The van der Waals surface area contributed by atoms with Gasteiger partial charge in [-0.15, -0.1) is 0 Å². The average Bonchev–Trinajstić information content (AvgIpc) is 2.82. The summed E-state index contributed by atoms with van der Waals surface area (Å²) in [5, 5.41) is 4.48. The first-order chi connectivity index (χ1) is 17.1. The predicted octanol–water partition coefficient (Wildman–Crippen LogP) is 4.28. The van der Waals surface area contributed by atoms with E-state index >= 15 is 0 Å². The molecule has 0 unspecified atom stereocenters. The Bertz CT molecular complexity index is 1540. The van der Waals surface area contributed by atoms with Crippen LogP contribution in [0.15, 0.2) is 65.6 Å². The summed E-state index contributed by atoms with van der Waals surface area (Å²) in [6.07, 6.45) is 1.21. The Labute approximate surface area is 209 Å². The maximum atomic E-state index is 13.6. The maximum absolute atomic E-state index is 13.6. The molecule has 2 aromatic heterocycles. The molecule has 36 heavy (non-hydrogen) atoms. The summed E-state index contributed by atoms with van der Waals surface area (Å²) in [4.78, 5) is 35.5. The Morgan fingerprint density at radius 3 is 2.58 bits per heavy atom. The highest BCUT2D eigenvalue weighted by molar-refractivity contribution is 6.35. The third-order valence-electron chi connectivity index (χ3n) is 6.01. The number of pyridine rings is 1. The quantitative estimate of drug-likeness (QED) is 0.415. The maximum Gasteiger partial charge on any atom is 0.282 e. The molecule has 0 bridgehead atoms. The lowest BCUT2D eigenvalue weighted by Crippen LogP contribution is -2.58. The molecule has 11 heteroatoms. The van der Waals surface area contributed by atoms with Crippen molar-refractivity contribution < 1.29 is 13.6 Å². The minimum Gasteiger partial charge on any atom is -0.368 e. The van der Waals surface area contributed by atoms with Crippen molar-refractivity contribution in [3.05, 3.63) is 87.4 Å². The molecule has 1 atom stereocenters. The van der Waals surface area contributed by atoms with Crippen LogP contribution in [-0.2, 0) is 0 Å². The molecule has 2 aromatic carbocycles. The van der Waals surface area contributed by atoms with Crippen molar-refractivity contribution in [3.8, 4) is 5.69 Å². The van der Waals surface area contributed by atoms with Crippen molar-refractivity contribution in [3.63, 3.8) is 0 Å². The zero-order valence-electron chi connectivity index (χ0n) is 19.1. The number of nitrogens with two attached hydrogens (primary N) is 1. The van der Waals surface area contributed by atoms with Gasteiger partial charge in [-0.25, -0.2) is 13.8 Å². The molecule has 1 amide bonds. The smallest absolute Gasteiger partial charge is 0.282 e. The second-order valence-corrected chi connectivity index (χ2v) is 9.03. The number of nitrogens with zero attached hydrogens (tertiary/aromatic N) is 4. The average molecular weight is 511 g/mol. The zero-order valence-corrected chi connectivity index (χ0v) is 19.8. The first kappa shape index (κ1) is 23.7. The van der Waals surface area contributed by atoms with Crippen LogP contribution in [0.3, 0.4) is 0 Å². The van der Waals surface area contributed by atoms with Gasteiger partial charge in [-0.3, -0.25) is 14.2 Å². The number of rotatable bonds is 5. The first-order valence-electron chi connectivity index (χ1n) is 11.1. The van der Waals surface area contributed by atoms with E-state index in [0.29, 0.717) is 27.2 Å². The number of nitrogen functional groups attached to an aromatic ring is 1. The minimum absolute atomic E-state index is 0.00370. The van der Waals surface area contributed by atoms with Crippen LogP contribution in [-0.4, -0.2) is 44.4 Å². The Hall–Kier alpha value is -4.05. The van der Waals surface area contributed by atoms with Gasteiger partial charge in [-0.05, 0) is 36.6 Å². The lowest BCUT2D eigenvalue weighted by atomic mass is 10.1. The number of nitrogens with one attached hydrogen (secondary N) is 1. The molecule has 3 N–H and O–H groups in total. The molecule has 184 valence electrons. The molecule has 0 radical (unpaired) electrons. The summed E-state index contributed by atoms with van der Waals surface area (Å²) in [6, 6.07) is 15.5. The molecule has 4 aromatic rings. The van der Waals surface area contributed by atoms with Gasteiger partial charge in [0, 0.05) is 17.6 Å². The highest BCUT2D eigenvalue weighted by Crippen LogP contribution is 2.31. The highest BCUT2D eigenvalue weighted by Gasteiger charge is 2.47. The molecule has 0 spiro atoms. The van der Waals surface area contributed by atoms with E-state index in [4.69, 9.17) is 17.3 Å². The van der Waals surface area contributed by atoms with E-state index in [1.807, 2.05) is 24.3 Å². The van der Waals surface area contributed by atoms with Gasteiger partial charge in [0.15, 0.2) is 0 Å². The standard InChI is InChI=1S/C25H21ClF2N6O2/c1-14(31-21-17(11-30-24(29)32-21)22(35)33-12-25(27,28)13-33)19-10-15-6-5-9-18(26)20(15)23(36)34(19)16-7-3-2-4-8-16/h2-11,14H,12-13H2,1H3,(H3,29,30,31,32)/t14-/m0/s1. The van der Waals surface area contributed by atoms with Crippen LogP contribution in [0.25, 0.3) is 16.5 Å². The Kier molecular flexibility index (Phi) is 5.83. The van der Waals surface area contributed by atoms with Gasteiger partial charge in [-0.1, -0.05) is 41.9 Å². The second-order valence-electron chi connectivity index (χ2n) is 8.62. The van der Waals surface area contributed by atoms with Gasteiger partial charge in [-0.2, -0.15) is 4.98 Å². The van der Waals surface area contributed by atoms with Gasteiger partial charge in [0.25, 0.3) is 17.4 Å². The number of carbonyl (C=O) groups excluding carboxylic acids is 1. The fourth-order valence-electron chi connectivity index (χ4n) is 4.27. The summed E-state index contributed by atoms with van der Waals surface area (Å²) in [5.41, 5.74) is 6.64. The van der Waals surface area contributed by atoms with Crippen molar-refractivity contribution in [2.24, 2.45) is 0 Å². The highest BCUT2D eigenvalue weighted by atomic mass is 35.5. The van der Waals surface area contributed by atoms with Gasteiger partial charge in [0.05, 0.1) is 29.5 Å². The number of hydrogen-bond acceptors (Lipinski definition) is 6. The number of aromatic nitrogens is 3. The predicted molar refractivity (Wildman–Crippen MR) is 134 cm³/mol. The van der Waals surface area contributed by atoms with Crippen LogP contribution in [0.4, 0.5) is 20.5 Å². The molecule has 3 heterocycles. The zero-order chi connectivity index (χ0) is 25.6. The van der Waals surface area contributed by atoms with Crippen LogP contribution >= 0.6 is 11.6 Å². The number of halogens is 3. The summed E-state index contributed by atoms with van der Waals surface area (Å²) in [6.45, 7) is 0.434. The number of anilines is 2. The van der Waals surface area contributed by atoms with E-state index < -0.39 is 31.0 Å². The van der Waals surface area contributed by atoms with Crippen molar-refractivity contribution in [1.29, 1.82) is 0 Å². The largest absolute Gasteiger partial charge is 0.368 e. The SMILES string of the molecule is C[C@H](Nc1nc(N)ncc1C(=O)N1CC(F)(F)C1)c1cc2cccc(Cl)c2c(=O)n1-c1ccccc1. The van der Waals surface area contributed by atoms with Crippen molar-refractivity contribution >= 4 is 40.0 Å². The number of alkyl halides is 2. The minimum atomic E-state index is -2.91. The Morgan fingerprint density at radius 1 is 1.17 bits per heavy atom. The number of para-hydroxylation sites is 1. The van der Waals surface area contributed by atoms with Crippen LogP contribution in [0.1, 0.15) is 29.0 Å². The molecular weight excluding hydrogens is 490 g/mol. The number of likely N-dealkylation sites (tertiary alicyclic amines) is 1. The number of fused-ring (bicyclic) bond motifs is 1. The lowest BCUT2D eigenvalue weighted by Gasteiger charge is -2.38. The topological polar surface area (TPSA) is 106 Å². The van der Waals surface area contributed by atoms with E-state index in [9.17, 15) is 18.4 Å². The van der Waals surface area contributed by atoms with Gasteiger partial charge in [0.2, 0.25) is 5.95 Å². The summed E-state index contributed by atoms with van der Waals surface area (Å²) in [7, 11) is 0. The number of hydrogen-bond donors (Lipinski definition) is 2. The van der Waals surface area contributed by atoms with E-state index in [1.165, 1.54) is 10.8 Å². The summed E-state index contributed by atoms with van der Waals surface area (Å²) >= 11 is 6.37. The van der Waals surface area contributed by atoms with E-state index in [-0.39, 0.29) is 22.9 Å². The Balaban J connectivity index is 1.59. The van der Waals surface area contributed by atoms with Crippen LogP contribution in [0, 0.1) is 0 Å². The van der Waals surface area contributed by atoms with Gasteiger partial charge < -0.3 is 16.0 Å². The van der Waals surface area contributed by atoms with Crippen LogP contribution < -0.4 is 16.6 Å². The van der Waals surface area contributed by atoms with Crippen LogP contribution in [0.2, 0.25) is 5.02 Å². The molecule has 5 rings (SSSR count). The molecular formula is C25H21ClF2N6O2. The second kappa shape index (κ2) is 8.87. The monoisotopic (exact) mass is 510 g/mol. The number of carbonyl (C=O) groups is 1. The number of amides is 1. The molecule has 1 aliphatic rings. The fourth-order valence-corrected chi connectivity index (χ4v) is 4.53. The lowest BCUT2D eigenvalue weighted by molar-refractivity contribution is -0.113. The van der Waals surface area contributed by atoms with Crippen LogP contribution in [0.5, 0.6) is 0 Å². The molecule has 1 aliphatic heterocycles. The fraction of sp³-hybridized carbons (Fsp3) is 0.200. The van der Waals surface area contributed by atoms with Crippen molar-refractivity contribution in [2.45, 2.75) is 18.9 Å². The van der Waals surface area contributed by atoms with Crippen molar-refractivity contribution in [1.82, 2.24) is 19.4 Å². The van der Waals surface area contributed by atoms with Gasteiger partial charge >= 0.3 is 0 Å². The van der Waals surface area contributed by atoms with E-state index in [1.54, 1.807) is 37.3 Å². The molecule has 1 fully saturated rings. The Morgan fingerprint density at radius 2 is 1.89 bits per heavy atom. The number of benzene rings is 2. The molecule has 0 saturated carbocycles. The third kappa shape index (κ3) is 4.24. The van der Waals surface area contributed by atoms with E-state index in [0.717, 1.165) is 4.90 Å². The molecule has 8 nitrogen and oxygen atoms in total. The molecule has 1 saturated heterocycles. The molecule has 0 aliphatic carbocycles. The normalized spacial score (nSPS) is 15.4. The first-order valence-corrected chi connectivity index (χ1v) is 11.5. The van der Waals surface area contributed by atoms with Gasteiger partial charge in [0.1, 0.15) is 11.4 Å². The van der Waals surface area contributed by atoms with Crippen molar-refractivity contribution in [2.75, 3.05) is 24.1 Å². The third-order valence-corrected chi connectivity index (χ3v) is 6.32. The summed E-state index contributed by atoms with van der Waals surface area (Å²) in [5.74, 6) is -3.57. The van der Waals surface area contributed by atoms with E-state index in [2.05, 4.69) is 15.3 Å².